The Kier molecular flexibility index (Phi) is 9.38. The molecule has 0 radical (unpaired) electrons. The normalized spacial score (nSPS) is 18.6. The molecule has 4 heteroatoms. The average molecular weight is 1680 g/mol. The van der Waals surface area contributed by atoms with Crippen molar-refractivity contribution in [2.24, 2.45) is 0 Å². The summed E-state index contributed by atoms with van der Waals surface area (Å²) >= 11 is 0. The molecular formula is C122H88N4. The molecule has 596 valence electrons. The van der Waals surface area contributed by atoms with E-state index in [4.69, 9.17) is 54.8 Å². The number of fused-ring (bicyclic) bond motifs is 6. The number of benzene rings is 20. The first-order valence-electron chi connectivity index (χ1n) is 71.0. The van der Waals surface area contributed by atoms with Crippen molar-refractivity contribution in [3.05, 3.63) is 519 Å². The molecule has 0 bridgehead atoms. The highest BCUT2D eigenvalue weighted by atomic mass is 15.1. The topological polar surface area (TPSA) is 16.3 Å². The van der Waals surface area contributed by atoms with Crippen LogP contribution in [0.5, 0.6) is 0 Å². The molecule has 2 aromatic heterocycles. The van der Waals surface area contributed by atoms with Gasteiger partial charge in [0.1, 0.15) is 0 Å². The summed E-state index contributed by atoms with van der Waals surface area (Å²) in [5.74, 6) is 0. The van der Waals surface area contributed by atoms with Crippen LogP contribution in [0.4, 0.5) is 34.1 Å². The molecule has 0 N–H and O–H groups in total. The Balaban J connectivity index is 0.000000216. The largest absolute Gasteiger partial charge is 0.336 e. The molecule has 0 aliphatic rings. The minimum absolute atomic E-state index is 0.185. The zero-order valence-electron chi connectivity index (χ0n) is 131. The summed E-state index contributed by atoms with van der Waals surface area (Å²) in [5.41, 5.74) is -17.6. The third-order valence-electron chi connectivity index (χ3n) is 19.8. The van der Waals surface area contributed by atoms with Gasteiger partial charge in [0, 0.05) is 90.8 Å². The zero-order valence-corrected chi connectivity index (χ0v) is 64.6. The van der Waals surface area contributed by atoms with Gasteiger partial charge in [0.05, 0.1) is 90.5 Å². The Hall–Kier alpha value is -16.4. The van der Waals surface area contributed by atoms with Crippen molar-refractivity contribution in [1.29, 1.82) is 0 Å². The van der Waals surface area contributed by atoms with E-state index < -0.39 is 556 Å². The number of para-hydroxylation sites is 2. The second-order valence-corrected chi connectivity index (χ2v) is 27.2. The van der Waals surface area contributed by atoms with Crippen LogP contribution in [0.25, 0.3) is 155 Å². The van der Waals surface area contributed by atoms with E-state index in [-0.39, 0.29) is 11.1 Å². The number of rotatable bonds is 20. The molecule has 0 atom stereocenters. The maximum Gasteiger partial charge on any atom is 0.0645 e. The Labute approximate surface area is 829 Å². The first-order valence-corrected chi connectivity index (χ1v) is 38.0. The van der Waals surface area contributed by atoms with Gasteiger partial charge in [0.2, 0.25) is 0 Å². The molecule has 0 unspecified atom stereocenters. The molecule has 0 fully saturated rings. The lowest BCUT2D eigenvalue weighted by Gasteiger charge is -2.27. The SMILES string of the molecule is [2H]c1c(N(c2c([2H])c([2H])c(-c3c([2H])c([2H])c([2H])c([2H])c3[2H])c([2H])c2[2H])c2c([2H])c([2H])c(-c3c([2H])c([2H])c4c(c3[2H])c3c([2H])c([2H])c([2H])c([2H])c3n4Cc3c([2H])c([2H])c([2H])c(-c4c([2H])c([2H])c([2H])c([2H])c4[2H])c3[2H])c([2H])c2[2H])cc(-c2c([2H])c([2H])c([2H])c([2H])c2[2H])c(-c2c([2H])c([2H])c([2H])c([2H])c2[2H])c1[2H].[2H]c1c(N(c2c([2H])c([2H])c(-c3ccc4c(c3)c3ccccc3n4Cc3cccc(-c4ccccc4)c3)c([2H])c2[2H])c2c([2H])c([2H])c(-c3c([2H])c([2H])c([2H])c([2H])c3[2H])c([2H])c2[2H])cc(-c2c([2H])c([2H])c([2H])c([2H])c2[2H])c(-c2c([2H])c([2H])c([2H])c([2H])c2[2H])c1[2H]. The van der Waals surface area contributed by atoms with E-state index in [0.717, 1.165) is 43.7 Å². The van der Waals surface area contributed by atoms with E-state index in [0.29, 0.717) is 27.8 Å². The van der Waals surface area contributed by atoms with Gasteiger partial charge in [-0.15, -0.1) is 0 Å². The van der Waals surface area contributed by atoms with Crippen molar-refractivity contribution in [2.75, 3.05) is 9.80 Å². The van der Waals surface area contributed by atoms with E-state index in [1.807, 2.05) is 72.8 Å². The molecule has 0 amide bonds. The minimum Gasteiger partial charge on any atom is -0.336 e. The van der Waals surface area contributed by atoms with Gasteiger partial charge in [0.25, 0.3) is 0 Å². The molecule has 0 aliphatic heterocycles. The van der Waals surface area contributed by atoms with Gasteiger partial charge >= 0.3 is 0 Å². The van der Waals surface area contributed by atoms with Crippen LogP contribution in [0.15, 0.2) is 508 Å². The first kappa shape index (κ1) is 33.8. The van der Waals surface area contributed by atoms with Gasteiger partial charge in [-0.1, -0.05) is 387 Å². The predicted octanol–water partition coefficient (Wildman–Crippen LogP) is 33.3. The van der Waals surface area contributed by atoms with Gasteiger partial charge in [-0.05, 0) is 243 Å². The number of hydrogen-bond donors (Lipinski definition) is 0. The van der Waals surface area contributed by atoms with Crippen molar-refractivity contribution >= 4 is 77.7 Å². The van der Waals surface area contributed by atoms with Crippen LogP contribution in [-0.2, 0) is 13.1 Å². The van der Waals surface area contributed by atoms with Crippen molar-refractivity contribution in [3.8, 4) is 111 Å². The number of anilines is 6. The summed E-state index contributed by atoms with van der Waals surface area (Å²) in [5, 5.41) is 0.0892. The van der Waals surface area contributed by atoms with Crippen LogP contribution in [0.3, 0.4) is 0 Å². The Morgan fingerprint density at radius 3 is 1.05 bits per heavy atom. The molecule has 22 rings (SSSR count). The maximum absolute atomic E-state index is 9.96. The van der Waals surface area contributed by atoms with Crippen LogP contribution in [0.2, 0.25) is 0 Å². The van der Waals surface area contributed by atoms with E-state index in [9.17, 15) is 35.6 Å². The summed E-state index contributed by atoms with van der Waals surface area (Å²) in [4.78, 5) is 0.875. The van der Waals surface area contributed by atoms with Crippen LogP contribution in [0, 0.1) is 0 Å². The highest BCUT2D eigenvalue weighted by Crippen LogP contribution is 2.46. The lowest BCUT2D eigenvalue weighted by atomic mass is 9.93. The van der Waals surface area contributed by atoms with Gasteiger partial charge < -0.3 is 18.9 Å². The molecule has 0 saturated carbocycles. The smallest absolute Gasteiger partial charge is 0.0645 e. The standard InChI is InChI=1S/2C61H44N2/c2*1-5-17-45(18-6-1)47-28-33-53(34-29-47)63(55-37-38-56(49-21-9-3-10-22-49)58(42-55)50-23-11-4-12-24-50)54-35-30-48(31-36-54)52-32-39-61-59(41-52)57-26-13-14-27-60(57)62(61)43-44-16-15-25-51(40-44)46-19-7-2-8-20-46/h2*1-42H,43H2/i1D,2D,3D,4D,5D,6D,7D,8D,9D,10D,11D,12D,13D,14D,15D,16D,17D,18D,19D,20D,21D,22D,23D,24D,25D,26D,27D,28D,29D,30D,31D,32D,33D,34D,35D,36D,37D,38D,39D,40D,41D;1D,3D,4D,5D,6D,9D,10D,11D,12D,17D,18D,21D,22D,23D,24D,28D,29D,30D,31D,33D,34D,35D,36D,37D,38D. The lowest BCUT2D eigenvalue weighted by molar-refractivity contribution is 0.869. The van der Waals surface area contributed by atoms with Gasteiger partial charge in [0.15, 0.2) is 0 Å². The molecule has 22 aromatic rings. The van der Waals surface area contributed by atoms with Gasteiger partial charge in [-0.3, -0.25) is 0 Å². The van der Waals surface area contributed by atoms with E-state index in [1.165, 1.54) is 0 Å². The molecular weight excluding hydrogens is 1520 g/mol. The van der Waals surface area contributed by atoms with E-state index >= 15 is 0 Å². The van der Waals surface area contributed by atoms with E-state index in [2.05, 4.69) is 10.6 Å². The zero-order chi connectivity index (χ0) is 141. The summed E-state index contributed by atoms with van der Waals surface area (Å²) in [6.07, 6.45) is 0. The molecule has 4 nitrogen and oxygen atoms in total. The number of hydrogen-bond acceptors (Lipinski definition) is 2. The van der Waals surface area contributed by atoms with Crippen molar-refractivity contribution in [2.45, 2.75) is 13.1 Å². The molecule has 20 aromatic carbocycles. The number of nitrogens with zero attached hydrogens (tertiary/aromatic N) is 4. The Morgan fingerprint density at radius 1 is 0.175 bits per heavy atom. The quantitative estimate of drug-likeness (QED) is 0.0756. The Morgan fingerprint density at radius 2 is 0.532 bits per heavy atom. The van der Waals surface area contributed by atoms with Crippen LogP contribution in [0.1, 0.15) is 102 Å². The van der Waals surface area contributed by atoms with Crippen LogP contribution >= 0.6 is 0 Å². The Bertz CT molecular complexity index is 11600. The van der Waals surface area contributed by atoms with Crippen molar-refractivity contribution in [1.82, 2.24) is 9.13 Å². The molecule has 126 heavy (non-hydrogen) atoms. The summed E-state index contributed by atoms with van der Waals surface area (Å²) in [7, 11) is 0. The predicted molar refractivity (Wildman–Crippen MR) is 534 cm³/mol. The molecule has 0 saturated heterocycles. The highest BCUT2D eigenvalue weighted by Gasteiger charge is 2.23. The molecule has 2 heterocycles. The fourth-order valence-corrected chi connectivity index (χ4v) is 14.1. The van der Waals surface area contributed by atoms with Crippen molar-refractivity contribution in [3.63, 3.8) is 0 Å². The van der Waals surface area contributed by atoms with Crippen molar-refractivity contribution < 1.29 is 90.5 Å². The fraction of sp³-hybridized carbons (Fsp3) is 0.0164. The monoisotopic (exact) mass is 1680 g/mol. The van der Waals surface area contributed by atoms with Crippen LogP contribution in [-0.4, -0.2) is 9.13 Å². The fourth-order valence-electron chi connectivity index (χ4n) is 14.1. The first-order chi connectivity index (χ1) is 89.9. The third kappa shape index (κ3) is 15.9. The second kappa shape index (κ2) is 35.0. The van der Waals surface area contributed by atoms with Crippen LogP contribution < -0.4 is 9.80 Å². The van der Waals surface area contributed by atoms with Gasteiger partial charge in [-0.25, -0.2) is 0 Å². The highest BCUT2D eigenvalue weighted by molar-refractivity contribution is 6.11. The molecule has 0 aliphatic carbocycles. The summed E-state index contributed by atoms with van der Waals surface area (Å²) in [6, 6.07) is -36.4. The maximum atomic E-state index is 9.96. The van der Waals surface area contributed by atoms with Gasteiger partial charge in [-0.2, -0.15) is 0 Å². The number of aromatic nitrogens is 2. The minimum atomic E-state index is -1.42. The summed E-state index contributed by atoms with van der Waals surface area (Å²) in [6.45, 7) is -0.610. The average Bonchev–Trinajstić information content (AvgIpc) is 1.63. The molecule has 0 spiro atoms. The second-order valence-electron chi connectivity index (χ2n) is 27.2. The summed E-state index contributed by atoms with van der Waals surface area (Å²) < 4.78 is 601. The van der Waals surface area contributed by atoms with E-state index in [1.54, 1.807) is 18.2 Å². The third-order valence-corrected chi connectivity index (χ3v) is 19.8. The lowest BCUT2D eigenvalue weighted by Crippen LogP contribution is -2.10.